The molecule has 0 aliphatic carbocycles. The highest BCUT2D eigenvalue weighted by atomic mass is 16.3. The number of likely N-dealkylation sites (N-methyl/N-ethyl adjacent to an activating group) is 1. The van der Waals surface area contributed by atoms with Gasteiger partial charge in [0.15, 0.2) is 0 Å². The van der Waals surface area contributed by atoms with E-state index in [9.17, 15) is 0 Å². The molecule has 0 amide bonds. The normalized spacial score (nSPS) is 10.3. The predicted octanol–water partition coefficient (Wildman–Crippen LogP) is 1.16. The van der Waals surface area contributed by atoms with E-state index in [4.69, 9.17) is 5.11 Å². The number of benzene rings is 1. The smallest absolute Gasteiger partial charge is 0.0604 e. The first-order valence-electron chi connectivity index (χ1n) is 5.36. The lowest BCUT2D eigenvalue weighted by molar-refractivity contribution is 0.311. The molecule has 0 spiro atoms. The molecule has 0 saturated heterocycles. The Hall–Kier alpha value is -1.06. The fraction of sp³-hybridized carbons (Fsp3) is 0.500. The van der Waals surface area contributed by atoms with Crippen LogP contribution in [-0.4, -0.2) is 31.9 Å². The molecule has 0 aliphatic rings. The van der Waals surface area contributed by atoms with Gasteiger partial charge < -0.3 is 15.7 Å². The van der Waals surface area contributed by atoms with Gasteiger partial charge in [-0.05, 0) is 50.2 Å². The minimum absolute atomic E-state index is 0.167. The van der Waals surface area contributed by atoms with Gasteiger partial charge in [0.2, 0.25) is 0 Å². The van der Waals surface area contributed by atoms with Crippen LogP contribution >= 0.6 is 0 Å². The molecule has 1 rings (SSSR count). The molecule has 0 heterocycles. The largest absolute Gasteiger partial charge is 0.395 e. The zero-order chi connectivity index (χ0) is 11.1. The third-order valence-corrected chi connectivity index (χ3v) is 2.43. The highest BCUT2D eigenvalue weighted by molar-refractivity contribution is 5.48. The van der Waals surface area contributed by atoms with E-state index in [0.717, 1.165) is 18.7 Å². The summed E-state index contributed by atoms with van der Waals surface area (Å²) in [4.78, 5) is 0. The summed E-state index contributed by atoms with van der Waals surface area (Å²) in [5.41, 5.74) is 3.75. The molecule has 0 saturated carbocycles. The number of hydrogen-bond donors (Lipinski definition) is 3. The molecule has 0 fully saturated rings. The van der Waals surface area contributed by atoms with Gasteiger partial charge in [0.1, 0.15) is 0 Å². The van der Waals surface area contributed by atoms with Crippen LogP contribution in [0.2, 0.25) is 0 Å². The lowest BCUT2D eigenvalue weighted by atomic mass is 10.0. The van der Waals surface area contributed by atoms with Gasteiger partial charge >= 0.3 is 0 Å². The molecular formula is C12H20N2O. The van der Waals surface area contributed by atoms with Crippen LogP contribution in [0.3, 0.4) is 0 Å². The van der Waals surface area contributed by atoms with Gasteiger partial charge in [-0.2, -0.15) is 0 Å². The van der Waals surface area contributed by atoms with Gasteiger partial charge in [-0.15, -0.1) is 0 Å². The zero-order valence-corrected chi connectivity index (χ0v) is 9.51. The molecule has 0 atom stereocenters. The van der Waals surface area contributed by atoms with Crippen molar-refractivity contribution >= 4 is 5.69 Å². The summed E-state index contributed by atoms with van der Waals surface area (Å²) in [5.74, 6) is 0. The molecule has 0 aromatic heterocycles. The first kappa shape index (κ1) is 12.0. The van der Waals surface area contributed by atoms with Crippen molar-refractivity contribution in [1.82, 2.24) is 5.32 Å². The molecule has 0 bridgehead atoms. The second-order valence-electron chi connectivity index (χ2n) is 3.65. The molecule has 15 heavy (non-hydrogen) atoms. The zero-order valence-electron chi connectivity index (χ0n) is 9.51. The van der Waals surface area contributed by atoms with Crippen molar-refractivity contribution in [3.63, 3.8) is 0 Å². The van der Waals surface area contributed by atoms with Crippen molar-refractivity contribution in [1.29, 1.82) is 0 Å². The Labute approximate surface area is 91.5 Å². The first-order chi connectivity index (χ1) is 7.27. The Morgan fingerprint density at radius 1 is 1.27 bits per heavy atom. The van der Waals surface area contributed by atoms with Crippen molar-refractivity contribution < 1.29 is 5.11 Å². The number of hydrogen-bond acceptors (Lipinski definition) is 3. The van der Waals surface area contributed by atoms with E-state index in [2.05, 4.69) is 35.8 Å². The average molecular weight is 208 g/mol. The van der Waals surface area contributed by atoms with Crippen LogP contribution in [0.5, 0.6) is 0 Å². The third-order valence-electron chi connectivity index (χ3n) is 2.43. The number of nitrogens with one attached hydrogen (secondary N) is 2. The van der Waals surface area contributed by atoms with E-state index in [-0.39, 0.29) is 6.61 Å². The Morgan fingerprint density at radius 3 is 2.67 bits per heavy atom. The summed E-state index contributed by atoms with van der Waals surface area (Å²) in [6, 6.07) is 6.33. The number of rotatable bonds is 6. The van der Waals surface area contributed by atoms with E-state index in [1.165, 1.54) is 11.1 Å². The summed E-state index contributed by atoms with van der Waals surface area (Å²) in [6.07, 6.45) is 1.06. The maximum absolute atomic E-state index is 8.70. The Balaban J connectivity index is 2.61. The lowest BCUT2D eigenvalue weighted by Gasteiger charge is -2.09. The van der Waals surface area contributed by atoms with Gasteiger partial charge in [-0.1, -0.05) is 6.07 Å². The molecule has 3 nitrogen and oxygen atoms in total. The van der Waals surface area contributed by atoms with Crippen LogP contribution in [-0.2, 0) is 6.42 Å². The molecule has 1 aromatic rings. The molecule has 1 aromatic carbocycles. The maximum Gasteiger partial charge on any atom is 0.0604 e. The second-order valence-corrected chi connectivity index (χ2v) is 3.65. The average Bonchev–Trinajstić information content (AvgIpc) is 2.25. The van der Waals surface area contributed by atoms with E-state index in [0.29, 0.717) is 6.54 Å². The van der Waals surface area contributed by atoms with Crippen LogP contribution in [0.4, 0.5) is 5.69 Å². The summed E-state index contributed by atoms with van der Waals surface area (Å²) >= 11 is 0. The van der Waals surface area contributed by atoms with Crippen LogP contribution in [0.1, 0.15) is 11.1 Å². The molecule has 0 aliphatic heterocycles. The SMILES string of the molecule is CNCCc1ccc(NCCO)cc1C. The van der Waals surface area contributed by atoms with Crippen molar-refractivity contribution in [3.8, 4) is 0 Å². The Morgan fingerprint density at radius 2 is 2.07 bits per heavy atom. The topological polar surface area (TPSA) is 44.3 Å². The van der Waals surface area contributed by atoms with Gasteiger partial charge in [0.25, 0.3) is 0 Å². The second kappa shape index (κ2) is 6.43. The van der Waals surface area contributed by atoms with Crippen molar-refractivity contribution in [2.75, 3.05) is 32.1 Å². The molecular weight excluding hydrogens is 188 g/mol. The summed E-state index contributed by atoms with van der Waals surface area (Å²) in [7, 11) is 1.96. The number of aliphatic hydroxyl groups is 1. The maximum atomic E-state index is 8.70. The number of anilines is 1. The van der Waals surface area contributed by atoms with Gasteiger partial charge in [-0.3, -0.25) is 0 Å². The Bertz CT molecular complexity index is 300. The van der Waals surface area contributed by atoms with Crippen molar-refractivity contribution in [2.24, 2.45) is 0 Å². The highest BCUT2D eigenvalue weighted by Crippen LogP contribution is 2.15. The van der Waals surface area contributed by atoms with E-state index < -0.39 is 0 Å². The highest BCUT2D eigenvalue weighted by Gasteiger charge is 1.99. The Kier molecular flexibility index (Phi) is 5.15. The molecule has 0 unspecified atom stereocenters. The van der Waals surface area contributed by atoms with E-state index >= 15 is 0 Å². The summed E-state index contributed by atoms with van der Waals surface area (Å²) in [5, 5.41) is 15.0. The number of aryl methyl sites for hydroxylation is 1. The fourth-order valence-corrected chi connectivity index (χ4v) is 1.55. The first-order valence-corrected chi connectivity index (χ1v) is 5.36. The van der Waals surface area contributed by atoms with E-state index in [1.807, 2.05) is 7.05 Å². The quantitative estimate of drug-likeness (QED) is 0.657. The van der Waals surface area contributed by atoms with E-state index in [1.54, 1.807) is 0 Å². The van der Waals surface area contributed by atoms with Crippen LogP contribution in [0.15, 0.2) is 18.2 Å². The van der Waals surface area contributed by atoms with Gasteiger partial charge in [-0.25, -0.2) is 0 Å². The molecule has 3 N–H and O–H groups in total. The van der Waals surface area contributed by atoms with Gasteiger partial charge in [0.05, 0.1) is 6.61 Å². The molecule has 3 heteroatoms. The van der Waals surface area contributed by atoms with Crippen molar-refractivity contribution in [2.45, 2.75) is 13.3 Å². The monoisotopic (exact) mass is 208 g/mol. The van der Waals surface area contributed by atoms with Crippen LogP contribution < -0.4 is 10.6 Å². The summed E-state index contributed by atoms with van der Waals surface area (Å²) < 4.78 is 0. The van der Waals surface area contributed by atoms with Crippen LogP contribution in [0, 0.1) is 6.92 Å². The van der Waals surface area contributed by atoms with Crippen molar-refractivity contribution in [3.05, 3.63) is 29.3 Å². The lowest BCUT2D eigenvalue weighted by Crippen LogP contribution is -2.11. The fourth-order valence-electron chi connectivity index (χ4n) is 1.55. The minimum Gasteiger partial charge on any atom is -0.395 e. The summed E-state index contributed by atoms with van der Waals surface area (Å²) in [6.45, 7) is 3.90. The molecule has 0 radical (unpaired) electrons. The molecule has 84 valence electrons. The minimum atomic E-state index is 0.167. The third kappa shape index (κ3) is 3.90. The standard InChI is InChI=1S/C12H20N2O/c1-10-9-12(14-7-8-15)4-3-11(10)5-6-13-2/h3-4,9,13-15H,5-8H2,1-2H3. The number of aliphatic hydroxyl groups excluding tert-OH is 1. The van der Waals surface area contributed by atoms with Crippen LogP contribution in [0.25, 0.3) is 0 Å². The van der Waals surface area contributed by atoms with Gasteiger partial charge in [0, 0.05) is 12.2 Å². The predicted molar refractivity (Wildman–Crippen MR) is 64.4 cm³/mol.